The number of aliphatic carboxylic acids is 1. The van der Waals surface area contributed by atoms with E-state index in [0.717, 1.165) is 21.9 Å². The maximum absolute atomic E-state index is 13.5. The number of carbonyl (C=O) groups excluding carboxylic acids is 2. The van der Waals surface area contributed by atoms with E-state index in [-0.39, 0.29) is 69.6 Å². The number of rotatable bonds is 7. The van der Waals surface area contributed by atoms with Crippen molar-refractivity contribution in [3.8, 4) is 5.75 Å². The lowest BCUT2D eigenvalue weighted by atomic mass is 9.68. The van der Waals surface area contributed by atoms with Crippen LogP contribution in [0, 0.1) is 29.6 Å². The number of nitrogens with one attached hydrogen (secondary N) is 1. The van der Waals surface area contributed by atoms with Gasteiger partial charge in [-0.05, 0) is 43.1 Å². The summed E-state index contributed by atoms with van der Waals surface area (Å²) >= 11 is 2.81. The third kappa shape index (κ3) is 3.48. The zero-order valence-corrected chi connectivity index (χ0v) is 20.5. The Labute approximate surface area is 209 Å². The van der Waals surface area contributed by atoms with Crippen LogP contribution in [0.1, 0.15) is 48.5 Å². The number of likely N-dealkylation sites (tertiary alicyclic amines) is 1. The number of unbranched alkanes of at least 4 members (excludes halogenated alkanes) is 2. The first-order chi connectivity index (χ1) is 16.9. The Hall–Kier alpha value is -2.59. The summed E-state index contributed by atoms with van der Waals surface area (Å²) in [6.45, 7) is 0.343. The number of phenolic OH excluding ortho intramolecular Hbond substituents is 1. The van der Waals surface area contributed by atoms with Gasteiger partial charge in [0.25, 0.3) is 0 Å². The number of imide groups is 1. The molecule has 3 heterocycles. The number of aromatic nitrogens is 1. The monoisotopic (exact) mass is 514 g/mol. The van der Waals surface area contributed by atoms with Crippen LogP contribution < -0.4 is 4.87 Å². The molecule has 2 aliphatic carbocycles. The van der Waals surface area contributed by atoms with Gasteiger partial charge in [-0.1, -0.05) is 36.0 Å². The first-order valence-corrected chi connectivity index (χ1v) is 13.8. The van der Waals surface area contributed by atoms with E-state index < -0.39 is 5.97 Å². The summed E-state index contributed by atoms with van der Waals surface area (Å²) in [7, 11) is 0. The Morgan fingerprint density at radius 1 is 1.06 bits per heavy atom. The normalized spacial score (nSPS) is 32.6. The van der Waals surface area contributed by atoms with Crippen molar-refractivity contribution in [2.75, 3.05) is 6.54 Å². The highest BCUT2D eigenvalue weighted by molar-refractivity contribution is 8.00. The van der Waals surface area contributed by atoms with Crippen LogP contribution in [0.2, 0.25) is 0 Å². The van der Waals surface area contributed by atoms with Crippen molar-refractivity contribution in [1.29, 1.82) is 0 Å². The maximum Gasteiger partial charge on any atom is 0.305 e. The first kappa shape index (κ1) is 22.8. The van der Waals surface area contributed by atoms with E-state index in [1.54, 1.807) is 23.9 Å². The predicted octanol–water partition coefficient (Wildman–Crippen LogP) is 3.26. The minimum atomic E-state index is -0.835. The molecule has 3 N–H and O–H groups in total. The zero-order chi connectivity index (χ0) is 24.4. The molecule has 0 spiro atoms. The number of amides is 2. The van der Waals surface area contributed by atoms with Crippen LogP contribution in [0.5, 0.6) is 5.75 Å². The average Bonchev–Trinajstić information content (AvgIpc) is 3.54. The highest BCUT2D eigenvalue weighted by atomic mass is 32.2. The third-order valence-electron chi connectivity index (χ3n) is 8.36. The average molecular weight is 515 g/mol. The van der Waals surface area contributed by atoms with Crippen LogP contribution in [0.3, 0.4) is 0 Å². The molecule has 0 radical (unpaired) electrons. The van der Waals surface area contributed by atoms with Crippen LogP contribution >= 0.6 is 23.1 Å². The molecule has 10 heteroatoms. The van der Waals surface area contributed by atoms with Crippen LogP contribution in [0.4, 0.5) is 0 Å². The van der Waals surface area contributed by atoms with Gasteiger partial charge in [-0.25, -0.2) is 0 Å². The van der Waals surface area contributed by atoms with Crippen molar-refractivity contribution in [1.82, 2.24) is 9.88 Å². The van der Waals surface area contributed by atoms with Crippen molar-refractivity contribution in [2.45, 2.75) is 48.3 Å². The fourth-order valence-corrected chi connectivity index (χ4v) is 10.0. The van der Waals surface area contributed by atoms with E-state index in [0.29, 0.717) is 25.8 Å². The molecule has 2 aliphatic heterocycles. The highest BCUT2D eigenvalue weighted by Crippen LogP contribution is 2.68. The second kappa shape index (κ2) is 8.51. The van der Waals surface area contributed by atoms with Gasteiger partial charge in [0.15, 0.2) is 0 Å². The van der Waals surface area contributed by atoms with Crippen LogP contribution in [-0.4, -0.2) is 49.7 Å². The molecule has 3 fully saturated rings. The number of nitrogens with zero attached hydrogens (tertiary/aromatic N) is 1. The van der Waals surface area contributed by atoms with E-state index >= 15 is 0 Å². The molecule has 2 aromatic rings. The van der Waals surface area contributed by atoms with E-state index in [4.69, 9.17) is 5.11 Å². The fourth-order valence-electron chi connectivity index (χ4n) is 7.12. The minimum absolute atomic E-state index is 0.0194. The lowest BCUT2D eigenvalue weighted by Gasteiger charge is -2.43. The van der Waals surface area contributed by atoms with Crippen molar-refractivity contribution < 1.29 is 24.6 Å². The van der Waals surface area contributed by atoms with Crippen LogP contribution in [0.15, 0.2) is 34.1 Å². The number of thioether (sulfide) groups is 1. The summed E-state index contributed by atoms with van der Waals surface area (Å²) in [5, 5.41) is 20.5. The first-order valence-electron chi connectivity index (χ1n) is 12.1. The zero-order valence-electron chi connectivity index (χ0n) is 18.9. The van der Waals surface area contributed by atoms with Crippen molar-refractivity contribution in [3.63, 3.8) is 0 Å². The minimum Gasteiger partial charge on any atom is -0.508 e. The maximum atomic E-state index is 13.5. The second-order valence-corrected chi connectivity index (χ2v) is 12.3. The number of para-hydroxylation sites is 1. The molecule has 7 atom stereocenters. The van der Waals surface area contributed by atoms with Crippen LogP contribution in [-0.2, 0) is 14.4 Å². The van der Waals surface area contributed by atoms with E-state index in [1.165, 1.54) is 16.2 Å². The molecule has 2 amide bonds. The number of carbonyl (C=O) groups is 3. The Balaban J connectivity index is 1.30. The number of aromatic hydroxyl groups is 1. The topological polar surface area (TPSA) is 128 Å². The van der Waals surface area contributed by atoms with E-state index in [1.807, 2.05) is 12.1 Å². The molecule has 2 bridgehead atoms. The molecule has 0 unspecified atom stereocenters. The summed E-state index contributed by atoms with van der Waals surface area (Å²) in [4.78, 5) is 55.1. The van der Waals surface area contributed by atoms with Gasteiger partial charge in [0.1, 0.15) is 5.75 Å². The van der Waals surface area contributed by atoms with Gasteiger partial charge < -0.3 is 15.2 Å². The summed E-state index contributed by atoms with van der Waals surface area (Å²) in [5.74, 6) is -1.56. The number of benzene rings is 1. The summed E-state index contributed by atoms with van der Waals surface area (Å²) in [6, 6.07) is 7.22. The smallest absolute Gasteiger partial charge is 0.305 e. The number of hydrogen-bond acceptors (Lipinski definition) is 7. The second-order valence-electron chi connectivity index (χ2n) is 10.1. The molecule has 2 saturated carbocycles. The van der Waals surface area contributed by atoms with Gasteiger partial charge in [0.05, 0.1) is 16.9 Å². The lowest BCUT2D eigenvalue weighted by Crippen LogP contribution is -2.42. The van der Waals surface area contributed by atoms with Gasteiger partial charge >= 0.3 is 10.8 Å². The standard InChI is InChI=1S/C25H26N2O6S2/c28-14-7-4-3-6-11(14)16-17-12-10-13(20(17)34-22-21(16)35-25(33)26-22)19-18(12)23(31)27(24(19)32)9-5-1-2-8-15(29)30/h3-4,6-7,12-13,16-20,28H,1-2,5,8-10H2,(H,26,33)(H,29,30)/t12-,13-,16-,17+,18+,19-,20-/m1/s1. The largest absolute Gasteiger partial charge is 0.508 e. The van der Waals surface area contributed by atoms with Gasteiger partial charge in [-0.2, -0.15) is 0 Å². The lowest BCUT2D eigenvalue weighted by molar-refractivity contribution is -0.141. The third-order valence-corrected chi connectivity index (χ3v) is 10.9. The molecule has 8 nitrogen and oxygen atoms in total. The molecular formula is C25H26N2O6S2. The number of H-pyrrole nitrogens is 1. The number of carboxylic acids is 1. The SMILES string of the molecule is O=C(O)CCCCCN1C(=O)[C@@H]2[C@H]3C[C@@H]([C@@H]2C1=O)[C@H]1[C@@H](c2ccccc2O)c2sc(=O)[nH]c2S[C@H]31. The number of phenols is 1. The number of thiazole rings is 1. The molecule has 1 aromatic carbocycles. The molecule has 184 valence electrons. The van der Waals surface area contributed by atoms with E-state index in [2.05, 4.69) is 4.98 Å². The number of hydrogen-bond donors (Lipinski definition) is 3. The van der Waals surface area contributed by atoms with Gasteiger partial charge in [-0.15, -0.1) is 11.8 Å². The Bertz CT molecular complexity index is 1270. The number of fused-ring (bicyclic) bond motifs is 9. The molecular weight excluding hydrogens is 488 g/mol. The van der Waals surface area contributed by atoms with Crippen molar-refractivity contribution in [2.24, 2.45) is 29.6 Å². The molecule has 6 rings (SSSR count). The summed E-state index contributed by atoms with van der Waals surface area (Å²) < 4.78 is 0. The van der Waals surface area contributed by atoms with Crippen molar-refractivity contribution >= 4 is 40.9 Å². The molecule has 1 aromatic heterocycles. The Morgan fingerprint density at radius 2 is 1.80 bits per heavy atom. The van der Waals surface area contributed by atoms with Crippen molar-refractivity contribution in [3.05, 3.63) is 44.4 Å². The fraction of sp³-hybridized carbons (Fsp3) is 0.520. The highest BCUT2D eigenvalue weighted by Gasteiger charge is 2.69. The molecule has 1 saturated heterocycles. The number of carboxylic acid groups (broad SMARTS) is 1. The van der Waals surface area contributed by atoms with Gasteiger partial charge in [0, 0.05) is 34.6 Å². The quantitative estimate of drug-likeness (QED) is 0.382. The van der Waals surface area contributed by atoms with Gasteiger partial charge in [-0.3, -0.25) is 24.1 Å². The molecule has 35 heavy (non-hydrogen) atoms. The summed E-state index contributed by atoms with van der Waals surface area (Å²) in [6.07, 6.45) is 2.71. The molecule has 4 aliphatic rings. The van der Waals surface area contributed by atoms with E-state index in [9.17, 15) is 24.3 Å². The number of aromatic amines is 1. The predicted molar refractivity (Wildman–Crippen MR) is 129 cm³/mol. The Kier molecular flexibility index (Phi) is 5.56. The summed E-state index contributed by atoms with van der Waals surface area (Å²) in [5.41, 5.74) is 0.774. The van der Waals surface area contributed by atoms with Gasteiger partial charge in [0.2, 0.25) is 11.8 Å². The Morgan fingerprint density at radius 3 is 2.54 bits per heavy atom. The van der Waals surface area contributed by atoms with Crippen LogP contribution in [0.25, 0.3) is 0 Å².